The summed E-state index contributed by atoms with van der Waals surface area (Å²) in [7, 11) is 1.38. The van der Waals surface area contributed by atoms with Crippen molar-refractivity contribution in [1.29, 1.82) is 0 Å². The number of methoxy groups -OCH3 is 1. The Bertz CT molecular complexity index is 140. The van der Waals surface area contributed by atoms with E-state index < -0.39 is 24.6 Å². The van der Waals surface area contributed by atoms with E-state index in [-0.39, 0.29) is 13.0 Å². The van der Waals surface area contributed by atoms with Crippen LogP contribution in [0.2, 0.25) is 0 Å². The summed E-state index contributed by atoms with van der Waals surface area (Å²) in [5.74, 6) is 0. The van der Waals surface area contributed by atoms with Crippen molar-refractivity contribution in [3.05, 3.63) is 0 Å². The first-order valence-corrected chi connectivity index (χ1v) is 3.84. The molecule has 0 amide bonds. The van der Waals surface area contributed by atoms with E-state index in [9.17, 15) is 10.2 Å². The van der Waals surface area contributed by atoms with E-state index in [2.05, 4.69) is 0 Å². The summed E-state index contributed by atoms with van der Waals surface area (Å²) in [4.78, 5) is 0. The summed E-state index contributed by atoms with van der Waals surface area (Å²) < 4.78 is 9.85. The van der Waals surface area contributed by atoms with Crippen molar-refractivity contribution in [3.63, 3.8) is 0 Å². The highest BCUT2D eigenvalue weighted by atomic mass is 16.7. The van der Waals surface area contributed by atoms with Gasteiger partial charge in [-0.05, 0) is 0 Å². The van der Waals surface area contributed by atoms with Crippen LogP contribution in [0.5, 0.6) is 0 Å². The van der Waals surface area contributed by atoms with Gasteiger partial charge >= 0.3 is 0 Å². The summed E-state index contributed by atoms with van der Waals surface area (Å²) in [5, 5.41) is 27.3. The van der Waals surface area contributed by atoms with Crippen LogP contribution in [0.3, 0.4) is 0 Å². The lowest BCUT2D eigenvalue weighted by atomic mass is 10.0. The molecule has 1 rings (SSSR count). The topological polar surface area (TPSA) is 79.2 Å². The van der Waals surface area contributed by atoms with Gasteiger partial charge in [0.25, 0.3) is 0 Å². The Hall–Kier alpha value is -0.200. The molecule has 0 radical (unpaired) electrons. The third-order valence-electron chi connectivity index (χ3n) is 1.94. The monoisotopic (exact) mass is 178 g/mol. The average molecular weight is 178 g/mol. The number of hydrogen-bond acceptors (Lipinski definition) is 5. The van der Waals surface area contributed by atoms with E-state index >= 15 is 0 Å². The van der Waals surface area contributed by atoms with Gasteiger partial charge in [-0.15, -0.1) is 0 Å². The van der Waals surface area contributed by atoms with Crippen molar-refractivity contribution >= 4 is 0 Å². The molecular weight excluding hydrogens is 164 g/mol. The maximum atomic E-state index is 9.27. The van der Waals surface area contributed by atoms with Crippen LogP contribution < -0.4 is 0 Å². The second-order valence-electron chi connectivity index (χ2n) is 2.84. The molecule has 0 unspecified atom stereocenters. The third-order valence-corrected chi connectivity index (χ3v) is 1.94. The van der Waals surface area contributed by atoms with Gasteiger partial charge in [-0.1, -0.05) is 0 Å². The highest BCUT2D eigenvalue weighted by Crippen LogP contribution is 2.20. The molecule has 12 heavy (non-hydrogen) atoms. The maximum absolute atomic E-state index is 9.27. The Balaban J connectivity index is 2.52. The first-order valence-electron chi connectivity index (χ1n) is 3.84. The zero-order valence-corrected chi connectivity index (χ0v) is 6.88. The fourth-order valence-corrected chi connectivity index (χ4v) is 1.23. The molecule has 0 aromatic heterocycles. The highest BCUT2D eigenvalue weighted by molar-refractivity contribution is 4.80. The molecule has 0 saturated carbocycles. The average Bonchev–Trinajstić information content (AvgIpc) is 2.09. The van der Waals surface area contributed by atoms with Crippen LogP contribution in [-0.4, -0.2) is 53.6 Å². The summed E-state index contributed by atoms with van der Waals surface area (Å²) in [6.45, 7) is -0.177. The van der Waals surface area contributed by atoms with Gasteiger partial charge < -0.3 is 24.8 Å². The lowest BCUT2D eigenvalue weighted by molar-refractivity contribution is -0.262. The van der Waals surface area contributed by atoms with Gasteiger partial charge in [-0.3, -0.25) is 0 Å². The molecule has 5 nitrogen and oxygen atoms in total. The second kappa shape index (κ2) is 4.15. The van der Waals surface area contributed by atoms with Gasteiger partial charge in [-0.2, -0.15) is 0 Å². The standard InChI is InChI=1S/C7H14O5/c1-11-7-6(10)5(9)2-4(3-8)12-7/h4-10H,2-3H2,1H3/t4-,5-,6-,7-/m1/s1. The highest BCUT2D eigenvalue weighted by Gasteiger charge is 2.36. The van der Waals surface area contributed by atoms with Crippen molar-refractivity contribution < 1.29 is 24.8 Å². The van der Waals surface area contributed by atoms with Gasteiger partial charge in [0.05, 0.1) is 18.8 Å². The van der Waals surface area contributed by atoms with Crippen LogP contribution in [-0.2, 0) is 9.47 Å². The van der Waals surface area contributed by atoms with Crippen LogP contribution in [0.4, 0.5) is 0 Å². The molecule has 1 fully saturated rings. The van der Waals surface area contributed by atoms with Gasteiger partial charge in [0.15, 0.2) is 6.29 Å². The smallest absolute Gasteiger partial charge is 0.186 e. The van der Waals surface area contributed by atoms with E-state index in [0.717, 1.165) is 0 Å². The van der Waals surface area contributed by atoms with Gasteiger partial charge in [-0.25, -0.2) is 0 Å². The lowest BCUT2D eigenvalue weighted by Gasteiger charge is -2.35. The van der Waals surface area contributed by atoms with Crippen molar-refractivity contribution in [2.75, 3.05) is 13.7 Å². The molecule has 1 heterocycles. The Kier molecular flexibility index (Phi) is 3.42. The van der Waals surface area contributed by atoms with Gasteiger partial charge in [0.2, 0.25) is 0 Å². The third kappa shape index (κ3) is 1.94. The van der Waals surface area contributed by atoms with E-state index in [4.69, 9.17) is 14.6 Å². The summed E-state index contributed by atoms with van der Waals surface area (Å²) in [5.41, 5.74) is 0. The molecule has 0 spiro atoms. The van der Waals surface area contributed by atoms with Crippen molar-refractivity contribution in [3.8, 4) is 0 Å². The quantitative estimate of drug-likeness (QED) is 0.477. The lowest BCUT2D eigenvalue weighted by Crippen LogP contribution is -2.49. The Labute approximate surface area is 70.5 Å². The van der Waals surface area contributed by atoms with Crippen LogP contribution in [0, 0.1) is 0 Å². The first kappa shape index (κ1) is 9.88. The van der Waals surface area contributed by atoms with Crippen molar-refractivity contribution in [1.82, 2.24) is 0 Å². The predicted molar refractivity (Wildman–Crippen MR) is 39.4 cm³/mol. The fourth-order valence-electron chi connectivity index (χ4n) is 1.23. The number of aliphatic hydroxyl groups is 3. The van der Waals surface area contributed by atoms with Gasteiger partial charge in [0.1, 0.15) is 6.10 Å². The molecule has 5 heteroatoms. The van der Waals surface area contributed by atoms with E-state index in [0.29, 0.717) is 0 Å². The van der Waals surface area contributed by atoms with E-state index in [1.54, 1.807) is 0 Å². The first-order chi connectivity index (χ1) is 5.69. The van der Waals surface area contributed by atoms with Crippen molar-refractivity contribution in [2.45, 2.75) is 31.0 Å². The SMILES string of the molecule is CO[C@@H]1O[C@@H](CO)C[C@@H](O)[C@H]1O. The minimum absolute atomic E-state index is 0.177. The number of ether oxygens (including phenoxy) is 2. The maximum Gasteiger partial charge on any atom is 0.186 e. The largest absolute Gasteiger partial charge is 0.394 e. The zero-order chi connectivity index (χ0) is 9.14. The fraction of sp³-hybridized carbons (Fsp3) is 1.00. The van der Waals surface area contributed by atoms with E-state index in [1.807, 2.05) is 0 Å². The second-order valence-corrected chi connectivity index (χ2v) is 2.84. The van der Waals surface area contributed by atoms with Crippen LogP contribution >= 0.6 is 0 Å². The molecule has 0 aromatic carbocycles. The molecule has 0 aliphatic carbocycles. The predicted octanol–water partition coefficient (Wildman–Crippen LogP) is -1.54. The minimum Gasteiger partial charge on any atom is -0.394 e. The molecular formula is C7H14O5. The van der Waals surface area contributed by atoms with Crippen molar-refractivity contribution in [2.24, 2.45) is 0 Å². The van der Waals surface area contributed by atoms with Crippen LogP contribution in [0.1, 0.15) is 6.42 Å². The molecule has 1 saturated heterocycles. The minimum atomic E-state index is -1.03. The number of rotatable bonds is 2. The molecule has 72 valence electrons. The Morgan fingerprint density at radius 3 is 2.67 bits per heavy atom. The van der Waals surface area contributed by atoms with Gasteiger partial charge in [0, 0.05) is 13.5 Å². The normalized spacial score (nSPS) is 43.0. The summed E-state index contributed by atoms with van der Waals surface area (Å²) in [6.07, 6.45) is -2.98. The molecule has 1 aliphatic rings. The summed E-state index contributed by atoms with van der Waals surface area (Å²) in [6, 6.07) is 0. The molecule has 1 aliphatic heterocycles. The Morgan fingerprint density at radius 1 is 1.50 bits per heavy atom. The Morgan fingerprint density at radius 2 is 2.17 bits per heavy atom. The van der Waals surface area contributed by atoms with Crippen LogP contribution in [0.15, 0.2) is 0 Å². The molecule has 0 bridgehead atoms. The van der Waals surface area contributed by atoms with E-state index in [1.165, 1.54) is 7.11 Å². The molecule has 0 aromatic rings. The number of hydrogen-bond donors (Lipinski definition) is 3. The molecule has 3 N–H and O–H groups in total. The van der Waals surface area contributed by atoms with Crippen LogP contribution in [0.25, 0.3) is 0 Å². The summed E-state index contributed by atoms with van der Waals surface area (Å²) >= 11 is 0. The number of aliphatic hydroxyl groups excluding tert-OH is 3. The zero-order valence-electron chi connectivity index (χ0n) is 6.88. The molecule has 4 atom stereocenters.